The molecule has 13 heavy (non-hydrogen) atoms. The molecule has 0 heterocycles. The van der Waals surface area contributed by atoms with Crippen molar-refractivity contribution in [3.05, 3.63) is 0 Å². The summed E-state index contributed by atoms with van der Waals surface area (Å²) in [6.45, 7) is 0. The van der Waals surface area contributed by atoms with Gasteiger partial charge in [0, 0.05) is 0 Å². The van der Waals surface area contributed by atoms with Crippen LogP contribution < -0.4 is 15.1 Å². The minimum Gasteiger partial charge on any atom is -0.907 e. The zero-order valence-corrected chi connectivity index (χ0v) is 7.36. The van der Waals surface area contributed by atoms with Gasteiger partial charge in [-0.25, -0.2) is 0 Å². The summed E-state index contributed by atoms with van der Waals surface area (Å²) < 4.78 is 0. The van der Waals surface area contributed by atoms with Gasteiger partial charge in [0.1, 0.15) is 0 Å². The Balaban J connectivity index is -0.00000000125. The van der Waals surface area contributed by atoms with Crippen molar-refractivity contribution in [2.24, 2.45) is 0 Å². The van der Waals surface area contributed by atoms with Gasteiger partial charge in [-0.05, 0) is 0 Å². The van der Waals surface area contributed by atoms with Crippen LogP contribution in [0.5, 0.6) is 0 Å². The molecule has 0 aromatic heterocycles. The summed E-state index contributed by atoms with van der Waals surface area (Å²) in [5.74, 6) is 0. The average molecular weight is 258 g/mol. The Morgan fingerprint density at radius 1 is 0.462 bits per heavy atom. The number of rotatable bonds is 0. The molecule has 0 aliphatic rings. The molecular weight excluding hydrogens is 242 g/mol. The van der Waals surface area contributed by atoms with Gasteiger partial charge in [0.2, 0.25) is 0 Å². The molecule has 0 aromatic carbocycles. The maximum absolute atomic E-state index is 8.42. The van der Waals surface area contributed by atoms with Crippen molar-refractivity contribution < 1.29 is 76.0 Å². The third-order valence-corrected chi connectivity index (χ3v) is 0. The Kier molecular flexibility index (Phi) is 2300. The molecule has 11 nitrogen and oxygen atoms in total. The SMILES string of the molecule is O.O.O.O.O.O.O.O.[Mn+3].[O-]B([O-])[O-]. The van der Waals surface area contributed by atoms with E-state index < -0.39 is 7.32 Å². The topological polar surface area (TPSA) is 321 Å². The molecule has 0 aliphatic heterocycles. The van der Waals surface area contributed by atoms with E-state index in [9.17, 15) is 0 Å². The molecule has 0 amide bonds. The average Bonchev–Trinajstić information content (AvgIpc) is 0.811. The van der Waals surface area contributed by atoms with Gasteiger partial charge in [-0.15, -0.1) is 0 Å². The van der Waals surface area contributed by atoms with E-state index in [1.165, 1.54) is 0 Å². The molecule has 0 aromatic rings. The van der Waals surface area contributed by atoms with Crippen LogP contribution in [0.15, 0.2) is 0 Å². The molecule has 0 aliphatic carbocycles. The number of hydrogen-bond acceptors (Lipinski definition) is 3. The fourth-order valence-corrected chi connectivity index (χ4v) is 0. The van der Waals surface area contributed by atoms with E-state index in [1.807, 2.05) is 0 Å². The summed E-state index contributed by atoms with van der Waals surface area (Å²) in [5.41, 5.74) is 0. The summed E-state index contributed by atoms with van der Waals surface area (Å²) in [4.78, 5) is 0. The molecule has 0 radical (unpaired) electrons. The maximum atomic E-state index is 8.42. The van der Waals surface area contributed by atoms with Crippen LogP contribution in [0.4, 0.5) is 0 Å². The third-order valence-electron chi connectivity index (χ3n) is 0. The second-order valence-electron chi connectivity index (χ2n) is 0.289. The second-order valence-corrected chi connectivity index (χ2v) is 0.289. The van der Waals surface area contributed by atoms with Crippen molar-refractivity contribution in [2.45, 2.75) is 0 Å². The molecule has 0 unspecified atom stereocenters. The third kappa shape index (κ3) is 59900. The van der Waals surface area contributed by atoms with Gasteiger partial charge < -0.3 is 58.9 Å². The molecule has 92 valence electrons. The van der Waals surface area contributed by atoms with Crippen molar-refractivity contribution in [1.82, 2.24) is 0 Å². The summed E-state index contributed by atoms with van der Waals surface area (Å²) in [5, 5.41) is 25.2. The first-order valence-corrected chi connectivity index (χ1v) is 0.707. The Bertz CT molecular complexity index is 14.8. The van der Waals surface area contributed by atoms with Gasteiger partial charge >= 0.3 is 17.1 Å². The first-order chi connectivity index (χ1) is 1.73. The molecule has 0 rings (SSSR count). The van der Waals surface area contributed by atoms with Gasteiger partial charge in [0.15, 0.2) is 0 Å². The molecular formula is H16BMnO11. The van der Waals surface area contributed by atoms with Gasteiger partial charge in [-0.1, -0.05) is 0 Å². The van der Waals surface area contributed by atoms with Gasteiger partial charge in [-0.2, -0.15) is 0 Å². The smallest absolute Gasteiger partial charge is 0.907 e. The fourth-order valence-electron chi connectivity index (χ4n) is 0. The van der Waals surface area contributed by atoms with Crippen molar-refractivity contribution in [1.29, 1.82) is 0 Å². The second kappa shape index (κ2) is 153. The standard InChI is InChI=1S/BO3.Mn.8H2O/c2-1(3)4;;;;;;;;;/h;;8*1H2/q-3;+3;;;;;;;;. The van der Waals surface area contributed by atoms with Crippen LogP contribution in [0.1, 0.15) is 0 Å². The molecule has 13 heteroatoms. The predicted octanol–water partition coefficient (Wildman–Crippen LogP) is -10.5. The molecule has 0 saturated heterocycles. The van der Waals surface area contributed by atoms with Gasteiger partial charge in [-0.3, -0.25) is 7.32 Å². The van der Waals surface area contributed by atoms with E-state index in [-0.39, 0.29) is 60.9 Å². The van der Waals surface area contributed by atoms with E-state index in [4.69, 9.17) is 15.1 Å². The predicted molar refractivity (Wildman–Crippen MR) is 34.7 cm³/mol. The molecule has 0 saturated carbocycles. The van der Waals surface area contributed by atoms with E-state index in [1.54, 1.807) is 0 Å². The molecule has 0 bridgehead atoms. The van der Waals surface area contributed by atoms with Crippen LogP contribution in [0, 0.1) is 0 Å². The first kappa shape index (κ1) is 196. The van der Waals surface area contributed by atoms with E-state index >= 15 is 0 Å². The first-order valence-electron chi connectivity index (χ1n) is 0.707. The van der Waals surface area contributed by atoms with Crippen LogP contribution in [-0.2, 0) is 17.1 Å². The molecule has 0 spiro atoms. The van der Waals surface area contributed by atoms with Gasteiger partial charge in [0.05, 0.1) is 0 Å². The Hall–Kier alpha value is 0.144. The van der Waals surface area contributed by atoms with Crippen LogP contribution >= 0.6 is 0 Å². The largest absolute Gasteiger partial charge is 3.00 e. The van der Waals surface area contributed by atoms with Crippen molar-refractivity contribution in [3.8, 4) is 0 Å². The van der Waals surface area contributed by atoms with Crippen LogP contribution in [0.25, 0.3) is 0 Å². The van der Waals surface area contributed by atoms with Crippen molar-refractivity contribution in [2.75, 3.05) is 0 Å². The molecule has 16 N–H and O–H groups in total. The Morgan fingerprint density at radius 3 is 0.462 bits per heavy atom. The van der Waals surface area contributed by atoms with E-state index in [0.29, 0.717) is 0 Å². The minimum absolute atomic E-state index is 0. The Labute approximate surface area is 84.1 Å². The normalized spacial score (nSPS) is 2.08. The Morgan fingerprint density at radius 2 is 0.462 bits per heavy atom. The summed E-state index contributed by atoms with van der Waals surface area (Å²) in [6, 6.07) is 0. The summed E-state index contributed by atoms with van der Waals surface area (Å²) >= 11 is 0. The summed E-state index contributed by atoms with van der Waals surface area (Å²) in [6.07, 6.45) is 0. The molecule has 0 atom stereocenters. The molecule has 0 fully saturated rings. The van der Waals surface area contributed by atoms with E-state index in [2.05, 4.69) is 0 Å². The monoisotopic (exact) mass is 258 g/mol. The van der Waals surface area contributed by atoms with Crippen molar-refractivity contribution in [3.63, 3.8) is 0 Å². The minimum atomic E-state index is -2.92. The fraction of sp³-hybridized carbons (Fsp3) is 0. The van der Waals surface area contributed by atoms with Crippen LogP contribution in [0.2, 0.25) is 0 Å². The quantitative estimate of drug-likeness (QED) is 0.381. The van der Waals surface area contributed by atoms with Gasteiger partial charge in [0.25, 0.3) is 0 Å². The van der Waals surface area contributed by atoms with E-state index in [0.717, 1.165) is 0 Å². The van der Waals surface area contributed by atoms with Crippen molar-refractivity contribution >= 4 is 7.32 Å². The maximum Gasteiger partial charge on any atom is 3.00 e. The summed E-state index contributed by atoms with van der Waals surface area (Å²) in [7, 11) is -2.92. The van der Waals surface area contributed by atoms with Crippen LogP contribution in [-0.4, -0.2) is 51.1 Å². The van der Waals surface area contributed by atoms with Crippen LogP contribution in [0.3, 0.4) is 0 Å². The zero-order valence-electron chi connectivity index (χ0n) is 6.18. The zero-order chi connectivity index (χ0) is 3.58. The number of hydrogen-bond donors (Lipinski definition) is 0.